The zero-order valence-electron chi connectivity index (χ0n) is 28.5. The van der Waals surface area contributed by atoms with Crippen LogP contribution in [0.4, 0.5) is 27.8 Å². The quantitative estimate of drug-likeness (QED) is 0.163. The van der Waals surface area contributed by atoms with Crippen LogP contribution in [0.15, 0.2) is 24.3 Å². The van der Waals surface area contributed by atoms with Crippen molar-refractivity contribution in [3.63, 3.8) is 0 Å². The molecule has 272 valence electrons. The lowest BCUT2D eigenvalue weighted by Crippen LogP contribution is -2.51. The maximum absolute atomic E-state index is 17.1. The Kier molecular flexibility index (Phi) is 7.55. The highest BCUT2D eigenvalue weighted by atomic mass is 19.4. The molecule has 2 N–H and O–H groups in total. The smallest absolute Gasteiger partial charge is 0.394 e. The van der Waals surface area contributed by atoms with Crippen LogP contribution < -0.4 is 19.7 Å². The van der Waals surface area contributed by atoms with Crippen molar-refractivity contribution in [1.82, 2.24) is 25.2 Å². The van der Waals surface area contributed by atoms with Gasteiger partial charge in [-0.15, -0.1) is 6.42 Å². The molecule has 0 spiro atoms. The van der Waals surface area contributed by atoms with Crippen LogP contribution in [0.3, 0.4) is 0 Å². The predicted molar refractivity (Wildman–Crippen MR) is 183 cm³/mol. The van der Waals surface area contributed by atoms with Crippen molar-refractivity contribution in [1.29, 1.82) is 0 Å². The van der Waals surface area contributed by atoms with Gasteiger partial charge in [-0.3, -0.25) is 0 Å². The summed E-state index contributed by atoms with van der Waals surface area (Å²) in [4.78, 5) is 18.2. The van der Waals surface area contributed by atoms with E-state index in [1.165, 1.54) is 31.4 Å². The van der Waals surface area contributed by atoms with Crippen LogP contribution in [0.25, 0.3) is 32.9 Å². The molecule has 2 bridgehead atoms. The first-order valence-corrected chi connectivity index (χ1v) is 17.7. The molecule has 3 aliphatic heterocycles. The number of likely N-dealkylation sites (tertiary alicyclic amines) is 1. The van der Waals surface area contributed by atoms with Gasteiger partial charge in [-0.05, 0) is 74.6 Å². The molecular formula is C38H37F5N6O3. The van der Waals surface area contributed by atoms with Crippen LogP contribution in [-0.2, 0) is 0 Å². The first-order chi connectivity index (χ1) is 24.9. The summed E-state index contributed by atoms with van der Waals surface area (Å²) >= 11 is 0. The van der Waals surface area contributed by atoms with E-state index >= 15 is 4.39 Å². The fourth-order valence-corrected chi connectivity index (χ4v) is 8.98. The van der Waals surface area contributed by atoms with Crippen LogP contribution in [-0.4, -0.2) is 89.7 Å². The first kappa shape index (κ1) is 33.4. The third-order valence-electron chi connectivity index (χ3n) is 12.0. The van der Waals surface area contributed by atoms with Gasteiger partial charge in [0.2, 0.25) is 5.88 Å². The molecule has 4 unspecified atom stereocenters. The highest BCUT2D eigenvalue weighted by Crippen LogP contribution is 2.66. The fourth-order valence-electron chi connectivity index (χ4n) is 8.98. The number of methoxy groups -OCH3 is 1. The molecule has 14 heteroatoms. The van der Waals surface area contributed by atoms with Crippen LogP contribution in [0.1, 0.15) is 44.1 Å². The molecular weight excluding hydrogens is 683 g/mol. The first-order valence-electron chi connectivity index (χ1n) is 17.7. The number of nitrogens with zero attached hydrogens (tertiary/aromatic N) is 5. The molecule has 2 saturated carbocycles. The van der Waals surface area contributed by atoms with E-state index in [-0.39, 0.29) is 93.6 Å². The molecule has 5 fully saturated rings. The standard InChI is InChI=1S/C38H37F5N6O3/c1-3-25-27(39)7-4-20-12-24(50)13-26(28(20)25)31-30(40)32-29(34(45-31)51-2)33(49-16-22-5-6-23(17-49)44-22)47-35(46-32)52-19-36(8-9-36)18-48-11-10-37(38(41,42)43)14-21(37)15-48/h1,4,7,12-13,21-23,44,50H,5-6,8-11,14-19H2,2H3. The summed E-state index contributed by atoms with van der Waals surface area (Å²) in [6, 6.07) is 5.72. The topological polar surface area (TPSA) is 95.9 Å². The van der Waals surface area contributed by atoms with Crippen molar-refractivity contribution in [3.8, 4) is 41.2 Å². The molecule has 3 saturated heterocycles. The fraction of sp³-hybridized carbons (Fsp3) is 0.500. The molecule has 2 aromatic heterocycles. The summed E-state index contributed by atoms with van der Waals surface area (Å²) in [7, 11) is 1.41. The molecule has 4 aromatic rings. The number of halogens is 5. The predicted octanol–water partition coefficient (Wildman–Crippen LogP) is 6.19. The number of anilines is 1. The van der Waals surface area contributed by atoms with Gasteiger partial charge in [0.25, 0.3) is 0 Å². The van der Waals surface area contributed by atoms with E-state index in [1.54, 1.807) is 0 Å². The second kappa shape index (κ2) is 11.8. The van der Waals surface area contributed by atoms with Crippen LogP contribution >= 0.6 is 0 Å². The SMILES string of the molecule is C#Cc1c(F)ccc2cc(O)cc(-c3nc(OC)c4c(N5CC6CCC(C5)N6)nc(OCC5(CN6CCC7(C(F)(F)F)CC7C6)CC5)nc4c3F)c12. The highest BCUT2D eigenvalue weighted by molar-refractivity contribution is 6.04. The molecule has 52 heavy (non-hydrogen) atoms. The molecule has 9 rings (SSSR count). The Labute approximate surface area is 296 Å². The zero-order chi connectivity index (χ0) is 36.2. The lowest BCUT2D eigenvalue weighted by molar-refractivity contribution is -0.200. The number of fused-ring (bicyclic) bond motifs is 5. The van der Waals surface area contributed by atoms with Gasteiger partial charge in [-0.1, -0.05) is 12.0 Å². The number of piperazine rings is 1. The molecule has 9 nitrogen and oxygen atoms in total. The Morgan fingerprint density at radius 2 is 1.81 bits per heavy atom. The lowest BCUT2D eigenvalue weighted by atomic mass is 9.93. The number of nitrogens with one attached hydrogen (secondary N) is 1. The van der Waals surface area contributed by atoms with Gasteiger partial charge in [0, 0.05) is 54.6 Å². The number of pyridine rings is 1. The molecule has 0 radical (unpaired) electrons. The maximum Gasteiger partial charge on any atom is 0.394 e. The van der Waals surface area contributed by atoms with Crippen molar-refractivity contribution in [2.24, 2.45) is 16.7 Å². The summed E-state index contributed by atoms with van der Waals surface area (Å²) in [5, 5.41) is 15.1. The average Bonchev–Trinajstić information content (AvgIpc) is 4.03. The summed E-state index contributed by atoms with van der Waals surface area (Å²) in [6.45, 7) is 2.84. The number of hydrogen-bond donors (Lipinski definition) is 2. The Balaban J connectivity index is 1.10. The van der Waals surface area contributed by atoms with Crippen molar-refractivity contribution >= 4 is 27.5 Å². The summed E-state index contributed by atoms with van der Waals surface area (Å²) in [5.74, 6) is 0.700. The Morgan fingerprint density at radius 3 is 2.48 bits per heavy atom. The minimum absolute atomic E-state index is 0.0350. The third kappa shape index (κ3) is 5.38. The van der Waals surface area contributed by atoms with Crippen LogP contribution in [0, 0.1) is 40.7 Å². The van der Waals surface area contributed by atoms with Crippen molar-refractivity contribution in [2.45, 2.75) is 56.8 Å². The Bertz CT molecular complexity index is 2160. The minimum Gasteiger partial charge on any atom is -0.508 e. The van der Waals surface area contributed by atoms with Gasteiger partial charge in [-0.25, -0.2) is 13.8 Å². The number of terminal acetylenes is 1. The van der Waals surface area contributed by atoms with Crippen molar-refractivity contribution in [2.75, 3.05) is 51.3 Å². The van der Waals surface area contributed by atoms with Gasteiger partial charge in [0.05, 0.1) is 24.7 Å². The van der Waals surface area contributed by atoms with E-state index in [9.17, 15) is 22.7 Å². The second-order valence-corrected chi connectivity index (χ2v) is 15.4. The van der Waals surface area contributed by atoms with Gasteiger partial charge in [-0.2, -0.15) is 23.1 Å². The van der Waals surface area contributed by atoms with E-state index in [1.807, 2.05) is 0 Å². The molecule has 0 amide bonds. The monoisotopic (exact) mass is 720 g/mol. The molecule has 2 aromatic carbocycles. The van der Waals surface area contributed by atoms with E-state index in [0.717, 1.165) is 25.7 Å². The number of aromatic nitrogens is 3. The highest BCUT2D eigenvalue weighted by Gasteiger charge is 2.71. The van der Waals surface area contributed by atoms with Gasteiger partial charge in [0.15, 0.2) is 5.82 Å². The number of aromatic hydroxyl groups is 1. The zero-order valence-corrected chi connectivity index (χ0v) is 28.5. The van der Waals surface area contributed by atoms with Crippen molar-refractivity contribution < 1.29 is 36.5 Å². The summed E-state index contributed by atoms with van der Waals surface area (Å²) in [5.41, 5.74) is -2.20. The van der Waals surface area contributed by atoms with Gasteiger partial charge in [0.1, 0.15) is 34.0 Å². The summed E-state index contributed by atoms with van der Waals surface area (Å²) in [6.07, 6.45) is 5.52. The number of hydrogen-bond acceptors (Lipinski definition) is 9. The van der Waals surface area contributed by atoms with E-state index in [4.69, 9.17) is 20.9 Å². The normalized spacial score (nSPS) is 26.3. The number of piperidine rings is 1. The number of rotatable bonds is 8. The number of phenolic OH excluding ortho intramolecular Hbond substituents is 1. The molecule has 5 aliphatic rings. The van der Waals surface area contributed by atoms with E-state index in [0.29, 0.717) is 43.9 Å². The number of ether oxygens (including phenoxy) is 2. The van der Waals surface area contributed by atoms with Crippen molar-refractivity contribution in [3.05, 3.63) is 41.5 Å². The Morgan fingerprint density at radius 1 is 1.04 bits per heavy atom. The van der Waals surface area contributed by atoms with E-state index < -0.39 is 23.2 Å². The maximum atomic E-state index is 17.1. The number of phenols is 1. The van der Waals surface area contributed by atoms with Gasteiger partial charge >= 0.3 is 12.2 Å². The number of benzene rings is 2. The Hall–Kier alpha value is -4.48. The minimum atomic E-state index is -4.17. The molecule has 5 heterocycles. The third-order valence-corrected chi connectivity index (χ3v) is 12.0. The lowest BCUT2D eigenvalue weighted by Gasteiger charge is -2.35. The molecule has 4 atom stereocenters. The largest absolute Gasteiger partial charge is 0.508 e. The van der Waals surface area contributed by atoms with Crippen LogP contribution in [0.2, 0.25) is 0 Å². The van der Waals surface area contributed by atoms with E-state index in [2.05, 4.69) is 31.0 Å². The average molecular weight is 721 g/mol. The second-order valence-electron chi connectivity index (χ2n) is 15.4. The van der Waals surface area contributed by atoms with Gasteiger partial charge < -0.3 is 29.7 Å². The number of alkyl halides is 3. The van der Waals surface area contributed by atoms with Crippen LogP contribution in [0.5, 0.6) is 17.6 Å². The summed E-state index contributed by atoms with van der Waals surface area (Å²) < 4.78 is 85.2. The molecule has 2 aliphatic carbocycles.